The second kappa shape index (κ2) is 11.5. The number of hydrogen-bond acceptors (Lipinski definition) is 7. The van der Waals surface area contributed by atoms with Crippen LogP contribution < -0.4 is 10.6 Å². The van der Waals surface area contributed by atoms with Crippen molar-refractivity contribution in [3.05, 3.63) is 23.4 Å². The number of ether oxygens (including phenoxy) is 2. The zero-order valence-corrected chi connectivity index (χ0v) is 23.0. The van der Waals surface area contributed by atoms with Crippen molar-refractivity contribution in [3.8, 4) is 0 Å². The topological polar surface area (TPSA) is 130 Å². The van der Waals surface area contributed by atoms with Gasteiger partial charge in [0.15, 0.2) is 0 Å². The van der Waals surface area contributed by atoms with E-state index in [-0.39, 0.29) is 38.1 Å². The van der Waals surface area contributed by atoms with Crippen molar-refractivity contribution in [2.75, 3.05) is 31.6 Å². The molecule has 2 aliphatic heterocycles. The maximum Gasteiger partial charge on any atom is 0.410 e. The normalized spacial score (nSPS) is 22.7. The minimum atomic E-state index is -1.09. The van der Waals surface area contributed by atoms with E-state index in [2.05, 4.69) is 22.8 Å². The summed E-state index contributed by atoms with van der Waals surface area (Å²) >= 11 is 0. The Labute approximate surface area is 224 Å². The van der Waals surface area contributed by atoms with Gasteiger partial charge in [0.25, 0.3) is 0 Å². The van der Waals surface area contributed by atoms with Crippen LogP contribution in [-0.2, 0) is 31.9 Å². The highest BCUT2D eigenvalue weighted by molar-refractivity contribution is 5.89. The number of carbonyl (C=O) groups excluding carboxylic acids is 2. The first kappa shape index (κ1) is 28.1. The summed E-state index contributed by atoms with van der Waals surface area (Å²) in [6.45, 7) is 8.72. The van der Waals surface area contributed by atoms with Crippen molar-refractivity contribution in [3.63, 3.8) is 0 Å². The summed E-state index contributed by atoms with van der Waals surface area (Å²) in [4.78, 5) is 42.9. The van der Waals surface area contributed by atoms with E-state index in [9.17, 15) is 19.5 Å². The van der Waals surface area contributed by atoms with Crippen LogP contribution >= 0.6 is 0 Å². The van der Waals surface area contributed by atoms with Gasteiger partial charge in [-0.15, -0.1) is 0 Å². The molecule has 1 aromatic heterocycles. The molecule has 2 fully saturated rings. The number of fused-ring (bicyclic) bond motifs is 1. The van der Waals surface area contributed by atoms with Crippen molar-refractivity contribution in [1.29, 1.82) is 0 Å². The number of nitrogens with one attached hydrogen (secondary N) is 2. The molecule has 0 spiro atoms. The number of carbonyl (C=O) groups is 3. The third-order valence-electron chi connectivity index (χ3n) is 7.60. The van der Waals surface area contributed by atoms with E-state index in [0.29, 0.717) is 5.92 Å². The van der Waals surface area contributed by atoms with E-state index in [1.807, 2.05) is 0 Å². The van der Waals surface area contributed by atoms with E-state index in [1.54, 1.807) is 27.7 Å². The number of pyridine rings is 1. The summed E-state index contributed by atoms with van der Waals surface area (Å²) in [5.74, 6) is 0.161. The molecule has 1 saturated carbocycles. The summed E-state index contributed by atoms with van der Waals surface area (Å²) in [5, 5.41) is 15.6. The monoisotopic (exact) mass is 530 g/mol. The quantitative estimate of drug-likeness (QED) is 0.420. The lowest BCUT2D eigenvalue weighted by molar-refractivity contribution is -0.148. The summed E-state index contributed by atoms with van der Waals surface area (Å²) < 4.78 is 11.2. The van der Waals surface area contributed by atoms with Crippen LogP contribution in [0.1, 0.15) is 71.1 Å². The predicted molar refractivity (Wildman–Crippen MR) is 142 cm³/mol. The lowest BCUT2D eigenvalue weighted by atomic mass is 9.79. The molecule has 210 valence electrons. The maximum absolute atomic E-state index is 12.8. The third-order valence-corrected chi connectivity index (χ3v) is 7.60. The summed E-state index contributed by atoms with van der Waals surface area (Å²) in [7, 11) is 0. The molecular weight excluding hydrogens is 488 g/mol. The van der Waals surface area contributed by atoms with Crippen molar-refractivity contribution in [1.82, 2.24) is 15.2 Å². The van der Waals surface area contributed by atoms with Crippen molar-refractivity contribution >= 4 is 23.8 Å². The zero-order chi connectivity index (χ0) is 27.5. The first-order chi connectivity index (χ1) is 17.9. The summed E-state index contributed by atoms with van der Waals surface area (Å²) in [5.41, 5.74) is 0.973. The number of likely N-dealkylation sites (tertiary alicyclic amines) is 1. The van der Waals surface area contributed by atoms with Gasteiger partial charge in [-0.2, -0.15) is 0 Å². The fraction of sp³-hybridized carbons (Fsp3) is 0.714. The van der Waals surface area contributed by atoms with Crippen LogP contribution in [0.25, 0.3) is 0 Å². The highest BCUT2D eigenvalue weighted by atomic mass is 16.6. The van der Waals surface area contributed by atoms with Gasteiger partial charge in [0.1, 0.15) is 17.5 Å². The van der Waals surface area contributed by atoms with Crippen molar-refractivity contribution in [2.24, 2.45) is 11.3 Å². The van der Waals surface area contributed by atoms with Gasteiger partial charge >= 0.3 is 12.1 Å². The van der Waals surface area contributed by atoms with Gasteiger partial charge in [-0.1, -0.05) is 6.07 Å². The number of rotatable bonds is 10. The number of carboxylic acid groups (broad SMARTS) is 1. The van der Waals surface area contributed by atoms with Gasteiger partial charge in [0.2, 0.25) is 5.91 Å². The number of aryl methyl sites for hydroxylation is 2. The van der Waals surface area contributed by atoms with Gasteiger partial charge < -0.3 is 30.1 Å². The standard InChI is InChI=1S/C28H42N4O6/c1-27(2,3)38-26(36)32-16-28(4,17-32)25(35)31-22(24(33)34)11-13-37-21-14-18(15-21)7-9-20-10-8-19-6-5-12-29-23(19)30-20/h8,10,18,21-22H,5-7,9,11-17H2,1-4H3,(H,29,30)(H,31,35)(H,33,34)/t18-,21-,22-/m0/s1. The fourth-order valence-electron chi connectivity index (χ4n) is 5.24. The van der Waals surface area contributed by atoms with E-state index < -0.39 is 29.1 Å². The van der Waals surface area contributed by atoms with Gasteiger partial charge in [-0.3, -0.25) is 4.79 Å². The third kappa shape index (κ3) is 7.15. The summed E-state index contributed by atoms with van der Waals surface area (Å²) in [6, 6.07) is 3.29. The molecule has 0 aromatic carbocycles. The lowest BCUT2D eigenvalue weighted by Crippen LogP contribution is -2.65. The predicted octanol–water partition coefficient (Wildman–Crippen LogP) is 3.38. The van der Waals surface area contributed by atoms with Crippen molar-refractivity contribution in [2.45, 2.75) is 90.4 Å². The van der Waals surface area contributed by atoms with Crippen LogP contribution in [0.15, 0.2) is 12.1 Å². The smallest absolute Gasteiger partial charge is 0.410 e. The first-order valence-electron chi connectivity index (χ1n) is 13.8. The average Bonchev–Trinajstić information content (AvgIpc) is 2.80. The second-order valence-corrected chi connectivity index (χ2v) is 12.3. The minimum Gasteiger partial charge on any atom is -0.480 e. The number of hydrogen-bond donors (Lipinski definition) is 3. The highest BCUT2D eigenvalue weighted by Crippen LogP contribution is 2.34. The lowest BCUT2D eigenvalue weighted by Gasteiger charge is -2.46. The van der Waals surface area contributed by atoms with Crippen LogP contribution in [0.2, 0.25) is 0 Å². The minimum absolute atomic E-state index is 0.134. The number of aromatic nitrogens is 1. The van der Waals surface area contributed by atoms with Gasteiger partial charge in [0.05, 0.1) is 11.5 Å². The Balaban J connectivity index is 1.12. The number of nitrogens with zero attached hydrogens (tertiary/aromatic N) is 2. The Morgan fingerprint density at radius 1 is 1.26 bits per heavy atom. The van der Waals surface area contributed by atoms with E-state index >= 15 is 0 Å². The number of anilines is 1. The molecule has 0 unspecified atom stereocenters. The molecule has 3 heterocycles. The molecule has 2 amide bonds. The highest BCUT2D eigenvalue weighted by Gasteiger charge is 2.49. The second-order valence-electron chi connectivity index (χ2n) is 12.3. The largest absolute Gasteiger partial charge is 0.480 e. The number of carboxylic acids is 1. The van der Waals surface area contributed by atoms with Crippen LogP contribution in [-0.4, -0.2) is 76.9 Å². The Hall–Kier alpha value is -2.88. The zero-order valence-electron chi connectivity index (χ0n) is 23.0. The Bertz CT molecular complexity index is 1030. The molecule has 0 radical (unpaired) electrons. The fourth-order valence-corrected chi connectivity index (χ4v) is 5.24. The summed E-state index contributed by atoms with van der Waals surface area (Å²) in [6.07, 6.45) is 6.05. The molecule has 38 heavy (non-hydrogen) atoms. The first-order valence-corrected chi connectivity index (χ1v) is 13.8. The molecule has 1 aromatic rings. The molecule has 10 nitrogen and oxygen atoms in total. The molecular formula is C28H42N4O6. The van der Waals surface area contributed by atoms with E-state index in [0.717, 1.165) is 56.6 Å². The van der Waals surface area contributed by atoms with Gasteiger partial charge in [0, 0.05) is 38.4 Å². The van der Waals surface area contributed by atoms with Crippen LogP contribution in [0.4, 0.5) is 10.6 Å². The Kier molecular flexibility index (Phi) is 8.49. The Morgan fingerprint density at radius 3 is 2.68 bits per heavy atom. The molecule has 1 atom stereocenters. The number of aliphatic carboxylic acids is 1. The van der Waals surface area contributed by atoms with Crippen molar-refractivity contribution < 1.29 is 29.0 Å². The molecule has 0 bridgehead atoms. The molecule has 1 saturated heterocycles. The van der Waals surface area contributed by atoms with E-state index in [4.69, 9.17) is 14.5 Å². The van der Waals surface area contributed by atoms with E-state index in [1.165, 1.54) is 10.5 Å². The molecule has 1 aliphatic carbocycles. The van der Waals surface area contributed by atoms with Gasteiger partial charge in [-0.05, 0) is 83.8 Å². The Morgan fingerprint density at radius 2 is 2.00 bits per heavy atom. The molecule has 3 aliphatic rings. The van der Waals surface area contributed by atoms with Crippen LogP contribution in [0, 0.1) is 11.3 Å². The average molecular weight is 531 g/mol. The van der Waals surface area contributed by atoms with Crippen LogP contribution in [0.5, 0.6) is 0 Å². The molecule has 10 heteroatoms. The van der Waals surface area contributed by atoms with Crippen LogP contribution in [0.3, 0.4) is 0 Å². The van der Waals surface area contributed by atoms with Gasteiger partial charge in [-0.25, -0.2) is 14.6 Å². The molecule has 4 rings (SSSR count). The molecule has 3 N–H and O–H groups in total. The SMILES string of the molecule is CC(C)(C)OC(=O)N1CC(C)(C(=O)N[C@@H](CCO[C@H]2C[C@H](CCc3ccc4c(n3)NCCC4)C2)C(=O)O)C1. The number of amides is 2. The maximum atomic E-state index is 12.8.